The summed E-state index contributed by atoms with van der Waals surface area (Å²) in [6, 6.07) is 13.1. The van der Waals surface area contributed by atoms with Gasteiger partial charge in [-0.15, -0.1) is 11.3 Å². The minimum Gasteiger partial charge on any atom is -0.493 e. The van der Waals surface area contributed by atoms with Crippen molar-refractivity contribution in [2.45, 2.75) is 59.2 Å². The second-order valence-corrected chi connectivity index (χ2v) is 9.52. The summed E-state index contributed by atoms with van der Waals surface area (Å²) < 4.78 is 17.8. The van der Waals surface area contributed by atoms with Crippen LogP contribution in [-0.2, 0) is 0 Å². The molecule has 0 fully saturated rings. The Labute approximate surface area is 205 Å². The van der Waals surface area contributed by atoms with E-state index in [0.717, 1.165) is 34.9 Å². The SMILES string of the molecule is CCCCC(Oc1ccc(-c2nc(C)sc2C(C)C)cc1)Oc1ccc(C(N)=NO)cc1OC. The monoisotopic (exact) mass is 483 g/mol. The topological polar surface area (TPSA) is 99.2 Å². The number of aromatic nitrogens is 1. The van der Waals surface area contributed by atoms with Gasteiger partial charge in [0.2, 0.25) is 6.29 Å². The van der Waals surface area contributed by atoms with Crippen molar-refractivity contribution in [1.82, 2.24) is 4.98 Å². The fourth-order valence-corrected chi connectivity index (χ4v) is 4.47. The van der Waals surface area contributed by atoms with Gasteiger partial charge in [0.15, 0.2) is 17.3 Å². The van der Waals surface area contributed by atoms with Crippen LogP contribution in [0.5, 0.6) is 17.2 Å². The largest absolute Gasteiger partial charge is 0.493 e. The highest BCUT2D eigenvalue weighted by Crippen LogP contribution is 2.35. The zero-order chi connectivity index (χ0) is 24.7. The molecule has 0 saturated carbocycles. The maximum absolute atomic E-state index is 8.93. The number of ether oxygens (including phenoxy) is 3. The smallest absolute Gasteiger partial charge is 0.241 e. The zero-order valence-electron chi connectivity index (χ0n) is 20.4. The highest BCUT2D eigenvalue weighted by atomic mass is 32.1. The van der Waals surface area contributed by atoms with Gasteiger partial charge >= 0.3 is 0 Å². The number of methoxy groups -OCH3 is 1. The second-order valence-electron chi connectivity index (χ2n) is 8.28. The van der Waals surface area contributed by atoms with Crippen molar-refractivity contribution in [1.29, 1.82) is 0 Å². The molecule has 0 spiro atoms. The molecule has 0 aliphatic heterocycles. The van der Waals surface area contributed by atoms with Crippen LogP contribution in [0.2, 0.25) is 0 Å². The van der Waals surface area contributed by atoms with Crippen LogP contribution in [0.4, 0.5) is 0 Å². The number of rotatable bonds is 11. The fourth-order valence-electron chi connectivity index (χ4n) is 3.52. The van der Waals surface area contributed by atoms with Crippen molar-refractivity contribution in [3.63, 3.8) is 0 Å². The van der Waals surface area contributed by atoms with E-state index in [-0.39, 0.29) is 5.84 Å². The van der Waals surface area contributed by atoms with Crippen molar-refractivity contribution in [3.8, 4) is 28.5 Å². The molecule has 0 aliphatic rings. The molecule has 3 aromatic rings. The Morgan fingerprint density at radius 2 is 1.85 bits per heavy atom. The van der Waals surface area contributed by atoms with Crippen LogP contribution in [0.25, 0.3) is 11.3 Å². The second kappa shape index (κ2) is 11.7. The normalized spacial score (nSPS) is 12.6. The third kappa shape index (κ3) is 6.20. The van der Waals surface area contributed by atoms with Gasteiger partial charge in [-0.2, -0.15) is 0 Å². The lowest BCUT2D eigenvalue weighted by molar-refractivity contribution is -0.00381. The third-order valence-corrected chi connectivity index (χ3v) is 6.57. The molecule has 0 radical (unpaired) electrons. The van der Waals surface area contributed by atoms with E-state index in [1.54, 1.807) is 36.6 Å². The van der Waals surface area contributed by atoms with Gasteiger partial charge in [-0.1, -0.05) is 32.3 Å². The van der Waals surface area contributed by atoms with Crippen molar-refractivity contribution in [2.24, 2.45) is 10.9 Å². The molecule has 1 heterocycles. The maximum Gasteiger partial charge on any atom is 0.241 e. The molecule has 0 saturated heterocycles. The van der Waals surface area contributed by atoms with Crippen LogP contribution in [0.3, 0.4) is 0 Å². The Bertz CT molecular complexity index is 1110. The van der Waals surface area contributed by atoms with Crippen LogP contribution in [-0.4, -0.2) is 29.4 Å². The number of thiazole rings is 1. The average molecular weight is 484 g/mol. The summed E-state index contributed by atoms with van der Waals surface area (Å²) in [6.45, 7) is 8.55. The summed E-state index contributed by atoms with van der Waals surface area (Å²) in [4.78, 5) is 6.03. The number of aryl methyl sites for hydroxylation is 1. The lowest BCUT2D eigenvalue weighted by atomic mass is 10.1. The Morgan fingerprint density at radius 3 is 2.47 bits per heavy atom. The number of unbranched alkanes of at least 4 members (excludes halogenated alkanes) is 1. The molecule has 0 aliphatic carbocycles. The molecule has 1 aromatic heterocycles. The Balaban J connectivity index is 1.79. The summed E-state index contributed by atoms with van der Waals surface area (Å²) >= 11 is 1.75. The minimum absolute atomic E-state index is 0.000321. The van der Waals surface area contributed by atoms with Gasteiger partial charge in [0.1, 0.15) is 5.75 Å². The van der Waals surface area contributed by atoms with E-state index in [9.17, 15) is 0 Å². The molecule has 1 atom stereocenters. The van der Waals surface area contributed by atoms with E-state index in [2.05, 4.69) is 25.9 Å². The molecule has 2 aromatic carbocycles. The van der Waals surface area contributed by atoms with Gasteiger partial charge in [-0.25, -0.2) is 4.98 Å². The van der Waals surface area contributed by atoms with Crippen LogP contribution in [0.1, 0.15) is 61.4 Å². The maximum atomic E-state index is 8.93. The molecule has 8 heteroatoms. The van der Waals surface area contributed by atoms with Crippen molar-refractivity contribution in [2.75, 3.05) is 7.11 Å². The molecule has 7 nitrogen and oxygen atoms in total. The first-order valence-corrected chi connectivity index (χ1v) is 12.2. The third-order valence-electron chi connectivity index (χ3n) is 5.30. The van der Waals surface area contributed by atoms with Crippen LogP contribution in [0, 0.1) is 6.92 Å². The summed E-state index contributed by atoms with van der Waals surface area (Å²) in [5.74, 6) is 2.14. The molecule has 0 amide bonds. The van der Waals surface area contributed by atoms with Crippen LogP contribution in [0.15, 0.2) is 47.6 Å². The minimum atomic E-state index is -0.498. The fraction of sp³-hybridized carbons (Fsp3) is 0.385. The van der Waals surface area contributed by atoms with Gasteiger partial charge in [0.05, 0.1) is 17.8 Å². The molecule has 182 valence electrons. The van der Waals surface area contributed by atoms with Crippen LogP contribution >= 0.6 is 11.3 Å². The predicted molar refractivity (Wildman–Crippen MR) is 136 cm³/mol. The number of nitrogens with zero attached hydrogens (tertiary/aromatic N) is 2. The summed E-state index contributed by atoms with van der Waals surface area (Å²) in [7, 11) is 1.55. The quantitative estimate of drug-likeness (QED) is 0.109. The lowest BCUT2D eigenvalue weighted by Crippen LogP contribution is -2.24. The van der Waals surface area contributed by atoms with Crippen molar-refractivity contribution in [3.05, 3.63) is 57.9 Å². The summed E-state index contributed by atoms with van der Waals surface area (Å²) in [5, 5.41) is 13.0. The van der Waals surface area contributed by atoms with E-state index in [4.69, 9.17) is 30.1 Å². The van der Waals surface area contributed by atoms with Crippen molar-refractivity contribution < 1.29 is 19.4 Å². The van der Waals surface area contributed by atoms with E-state index >= 15 is 0 Å². The van der Waals surface area contributed by atoms with E-state index in [1.807, 2.05) is 31.2 Å². The van der Waals surface area contributed by atoms with E-state index in [0.29, 0.717) is 29.4 Å². The molecule has 3 rings (SSSR count). The van der Waals surface area contributed by atoms with Gasteiger partial charge in [-0.3, -0.25) is 0 Å². The van der Waals surface area contributed by atoms with E-state index in [1.165, 1.54) is 4.88 Å². The standard InChI is InChI=1S/C26H33N3O4S/c1-6-7-8-23(33-21-14-11-19(26(27)29-30)15-22(21)31-5)32-20-12-9-18(10-13-20)24-25(16(2)3)34-17(4)28-24/h9-16,23,30H,6-8H2,1-5H3,(H2,27,29). The van der Waals surface area contributed by atoms with Gasteiger partial charge in [0, 0.05) is 22.4 Å². The Hall–Kier alpha value is -3.26. The number of benzene rings is 2. The Kier molecular flexibility index (Phi) is 8.76. The molecule has 1 unspecified atom stereocenters. The predicted octanol–water partition coefficient (Wildman–Crippen LogP) is 6.32. The Morgan fingerprint density at radius 1 is 1.12 bits per heavy atom. The zero-order valence-corrected chi connectivity index (χ0v) is 21.2. The number of nitrogens with two attached hydrogens (primary N) is 1. The first kappa shape index (κ1) is 25.4. The van der Waals surface area contributed by atoms with Gasteiger partial charge < -0.3 is 25.2 Å². The molecule has 34 heavy (non-hydrogen) atoms. The highest BCUT2D eigenvalue weighted by molar-refractivity contribution is 7.12. The first-order chi connectivity index (χ1) is 16.4. The summed E-state index contributed by atoms with van der Waals surface area (Å²) in [5.41, 5.74) is 8.34. The van der Waals surface area contributed by atoms with E-state index < -0.39 is 6.29 Å². The van der Waals surface area contributed by atoms with Gasteiger partial charge in [0.25, 0.3) is 0 Å². The highest BCUT2D eigenvalue weighted by Gasteiger charge is 2.18. The lowest BCUT2D eigenvalue weighted by Gasteiger charge is -2.22. The molecule has 3 N–H and O–H groups in total. The van der Waals surface area contributed by atoms with Gasteiger partial charge in [-0.05, 0) is 61.7 Å². The number of hydrogen-bond donors (Lipinski definition) is 2. The molecule has 0 bridgehead atoms. The number of amidine groups is 1. The average Bonchev–Trinajstić information content (AvgIpc) is 3.24. The number of hydrogen-bond acceptors (Lipinski definition) is 7. The molecular weight excluding hydrogens is 450 g/mol. The first-order valence-electron chi connectivity index (χ1n) is 11.4. The molecular formula is C26H33N3O4S. The number of oxime groups is 1. The van der Waals surface area contributed by atoms with Crippen LogP contribution < -0.4 is 19.9 Å². The summed E-state index contributed by atoms with van der Waals surface area (Å²) in [6.07, 6.45) is 2.18. The van der Waals surface area contributed by atoms with Crippen molar-refractivity contribution >= 4 is 17.2 Å².